The maximum Gasteiger partial charge on any atom is 0.344 e. The Morgan fingerprint density at radius 2 is 2.07 bits per heavy atom. The normalized spacial score (nSPS) is 12.7. The van der Waals surface area contributed by atoms with Gasteiger partial charge >= 0.3 is 5.97 Å². The number of esters is 1. The Morgan fingerprint density at radius 3 is 2.85 bits per heavy atom. The number of carbonyl (C=O) groups is 3. The molecule has 0 fully saturated rings. The molecule has 0 saturated carbocycles. The SMILES string of the molecule is CN(Cc1ccco1)C(=O)COC(=O)COc1ccc2c(c1)CCC(=O)N2. The molecule has 2 heterocycles. The first-order chi connectivity index (χ1) is 13.0. The van der Waals surface area contributed by atoms with Gasteiger partial charge in [0.15, 0.2) is 13.2 Å². The molecule has 2 amide bonds. The van der Waals surface area contributed by atoms with Gasteiger partial charge in [0.05, 0.1) is 12.8 Å². The number of carbonyl (C=O) groups excluding carboxylic acids is 3. The monoisotopic (exact) mass is 372 g/mol. The number of fused-ring (bicyclic) bond motifs is 1. The number of furan rings is 1. The highest BCUT2D eigenvalue weighted by molar-refractivity contribution is 5.94. The zero-order valence-electron chi connectivity index (χ0n) is 14.9. The average Bonchev–Trinajstić information content (AvgIpc) is 3.17. The highest BCUT2D eigenvalue weighted by Gasteiger charge is 2.16. The number of hydrogen-bond donors (Lipinski definition) is 1. The van der Waals surface area contributed by atoms with Crippen molar-refractivity contribution in [2.45, 2.75) is 19.4 Å². The first-order valence-electron chi connectivity index (χ1n) is 8.49. The van der Waals surface area contributed by atoms with Crippen LogP contribution in [-0.4, -0.2) is 42.9 Å². The number of likely N-dealkylation sites (N-methyl/N-ethyl adjacent to an activating group) is 1. The van der Waals surface area contributed by atoms with Gasteiger partial charge in [0.2, 0.25) is 5.91 Å². The summed E-state index contributed by atoms with van der Waals surface area (Å²) in [5.41, 5.74) is 1.71. The lowest BCUT2D eigenvalue weighted by atomic mass is 10.0. The van der Waals surface area contributed by atoms with E-state index in [1.165, 1.54) is 11.2 Å². The lowest BCUT2D eigenvalue weighted by molar-refractivity contribution is -0.153. The molecule has 2 aromatic rings. The zero-order valence-corrected chi connectivity index (χ0v) is 14.9. The molecule has 8 nitrogen and oxygen atoms in total. The van der Waals surface area contributed by atoms with Crippen LogP contribution in [-0.2, 0) is 32.1 Å². The molecule has 1 aliphatic heterocycles. The molecule has 142 valence electrons. The van der Waals surface area contributed by atoms with Crippen LogP contribution in [0.15, 0.2) is 41.0 Å². The van der Waals surface area contributed by atoms with Crippen molar-refractivity contribution in [3.8, 4) is 5.75 Å². The Balaban J connectivity index is 1.42. The summed E-state index contributed by atoms with van der Waals surface area (Å²) in [4.78, 5) is 36.5. The summed E-state index contributed by atoms with van der Waals surface area (Å²) in [6.07, 6.45) is 2.57. The molecule has 27 heavy (non-hydrogen) atoms. The van der Waals surface area contributed by atoms with Gasteiger partial charge in [-0.1, -0.05) is 0 Å². The van der Waals surface area contributed by atoms with Gasteiger partial charge in [-0.05, 0) is 42.3 Å². The molecule has 1 aromatic carbocycles. The quantitative estimate of drug-likeness (QED) is 0.744. The van der Waals surface area contributed by atoms with Crippen LogP contribution < -0.4 is 10.1 Å². The fraction of sp³-hybridized carbons (Fsp3) is 0.316. The average molecular weight is 372 g/mol. The molecule has 1 aromatic heterocycles. The zero-order chi connectivity index (χ0) is 19.2. The molecule has 0 saturated heterocycles. The maximum atomic E-state index is 12.0. The third kappa shape index (κ3) is 5.10. The highest BCUT2D eigenvalue weighted by atomic mass is 16.6. The Kier molecular flexibility index (Phi) is 5.75. The molecule has 3 rings (SSSR count). The van der Waals surface area contributed by atoms with Gasteiger partial charge in [-0.15, -0.1) is 0 Å². The number of nitrogens with one attached hydrogen (secondary N) is 1. The molecule has 1 aliphatic rings. The highest BCUT2D eigenvalue weighted by Crippen LogP contribution is 2.26. The fourth-order valence-corrected chi connectivity index (χ4v) is 2.61. The molecular formula is C19H20N2O6. The van der Waals surface area contributed by atoms with E-state index in [1.54, 1.807) is 37.4 Å². The van der Waals surface area contributed by atoms with Crippen LogP contribution in [0.1, 0.15) is 17.7 Å². The summed E-state index contributed by atoms with van der Waals surface area (Å²) in [6, 6.07) is 8.68. The van der Waals surface area contributed by atoms with Crippen LogP contribution in [0.3, 0.4) is 0 Å². The summed E-state index contributed by atoms with van der Waals surface area (Å²) in [6.45, 7) is -0.374. The first-order valence-corrected chi connectivity index (χ1v) is 8.49. The minimum atomic E-state index is -0.638. The van der Waals surface area contributed by atoms with Crippen molar-refractivity contribution in [3.05, 3.63) is 47.9 Å². The van der Waals surface area contributed by atoms with Gasteiger partial charge in [-0.2, -0.15) is 0 Å². The predicted octanol–water partition coefficient (Wildman–Crippen LogP) is 1.74. The van der Waals surface area contributed by atoms with E-state index in [9.17, 15) is 14.4 Å². The van der Waals surface area contributed by atoms with E-state index >= 15 is 0 Å². The second-order valence-corrected chi connectivity index (χ2v) is 6.15. The summed E-state index contributed by atoms with van der Waals surface area (Å²) >= 11 is 0. The minimum Gasteiger partial charge on any atom is -0.482 e. The van der Waals surface area contributed by atoms with E-state index < -0.39 is 5.97 Å². The van der Waals surface area contributed by atoms with E-state index in [-0.39, 0.29) is 25.0 Å². The number of nitrogens with zero attached hydrogens (tertiary/aromatic N) is 1. The van der Waals surface area contributed by atoms with E-state index in [0.29, 0.717) is 30.9 Å². The largest absolute Gasteiger partial charge is 0.482 e. The molecule has 1 N–H and O–H groups in total. The van der Waals surface area contributed by atoms with Crippen molar-refractivity contribution in [2.75, 3.05) is 25.6 Å². The Morgan fingerprint density at radius 1 is 1.22 bits per heavy atom. The molecule has 0 bridgehead atoms. The Bertz CT molecular complexity index is 831. The second kappa shape index (κ2) is 8.39. The van der Waals surface area contributed by atoms with E-state index in [2.05, 4.69) is 5.32 Å². The number of amides is 2. The number of ether oxygens (including phenoxy) is 2. The number of rotatable bonds is 7. The smallest absolute Gasteiger partial charge is 0.344 e. The summed E-state index contributed by atoms with van der Waals surface area (Å²) in [5.74, 6) is 0.152. The van der Waals surface area contributed by atoms with Crippen LogP contribution in [0.5, 0.6) is 5.75 Å². The van der Waals surface area contributed by atoms with Crippen LogP contribution >= 0.6 is 0 Å². The van der Waals surface area contributed by atoms with Crippen molar-refractivity contribution in [1.82, 2.24) is 4.90 Å². The third-order valence-corrected chi connectivity index (χ3v) is 4.08. The van der Waals surface area contributed by atoms with Crippen molar-refractivity contribution >= 4 is 23.5 Å². The van der Waals surface area contributed by atoms with Crippen molar-refractivity contribution in [2.24, 2.45) is 0 Å². The predicted molar refractivity (Wildman–Crippen MR) is 95.0 cm³/mol. The Labute approximate surface area is 156 Å². The second-order valence-electron chi connectivity index (χ2n) is 6.15. The molecule has 0 spiro atoms. The summed E-state index contributed by atoms with van der Waals surface area (Å²) < 4.78 is 15.5. The Hall–Kier alpha value is -3.29. The van der Waals surface area contributed by atoms with Crippen LogP contribution in [0.4, 0.5) is 5.69 Å². The minimum absolute atomic E-state index is 0.0126. The van der Waals surface area contributed by atoms with Crippen LogP contribution in [0.25, 0.3) is 0 Å². The van der Waals surface area contributed by atoms with Gasteiger partial charge in [0, 0.05) is 19.2 Å². The van der Waals surface area contributed by atoms with Gasteiger partial charge in [0.1, 0.15) is 11.5 Å². The van der Waals surface area contributed by atoms with Crippen molar-refractivity contribution in [1.29, 1.82) is 0 Å². The van der Waals surface area contributed by atoms with Crippen LogP contribution in [0.2, 0.25) is 0 Å². The standard InChI is InChI=1S/C19H20N2O6/c1-21(10-15-3-2-8-25-15)18(23)11-27-19(24)12-26-14-5-6-16-13(9-14)4-7-17(22)20-16/h2-3,5-6,8-9H,4,7,10-12H2,1H3,(H,20,22). The molecule has 0 unspecified atom stereocenters. The summed E-state index contributed by atoms with van der Waals surface area (Å²) in [5, 5.41) is 2.78. The van der Waals surface area contributed by atoms with E-state index in [1.807, 2.05) is 0 Å². The lowest BCUT2D eigenvalue weighted by Gasteiger charge is -2.18. The number of benzene rings is 1. The van der Waals surface area contributed by atoms with Gasteiger partial charge < -0.3 is 24.1 Å². The van der Waals surface area contributed by atoms with Gasteiger partial charge in [0.25, 0.3) is 5.91 Å². The lowest BCUT2D eigenvalue weighted by Crippen LogP contribution is -2.31. The van der Waals surface area contributed by atoms with Gasteiger partial charge in [-0.25, -0.2) is 4.79 Å². The van der Waals surface area contributed by atoms with Gasteiger partial charge in [-0.3, -0.25) is 9.59 Å². The van der Waals surface area contributed by atoms with Crippen molar-refractivity contribution < 1.29 is 28.3 Å². The number of hydrogen-bond acceptors (Lipinski definition) is 6. The maximum absolute atomic E-state index is 12.0. The fourth-order valence-electron chi connectivity index (χ4n) is 2.61. The van der Waals surface area contributed by atoms with Crippen molar-refractivity contribution in [3.63, 3.8) is 0 Å². The molecule has 0 radical (unpaired) electrons. The summed E-state index contributed by atoms with van der Waals surface area (Å²) in [7, 11) is 1.60. The topological polar surface area (TPSA) is 98.1 Å². The molecule has 8 heteroatoms. The van der Waals surface area contributed by atoms with E-state index in [4.69, 9.17) is 13.9 Å². The molecule has 0 atom stereocenters. The third-order valence-electron chi connectivity index (χ3n) is 4.08. The first kappa shape index (κ1) is 18.5. The number of aryl methyl sites for hydroxylation is 1. The van der Waals surface area contributed by atoms with E-state index in [0.717, 1.165) is 11.3 Å². The molecular weight excluding hydrogens is 352 g/mol. The van der Waals surface area contributed by atoms with Crippen LogP contribution in [0, 0.1) is 0 Å². The molecule has 0 aliphatic carbocycles. The number of anilines is 1.